The molecule has 0 aromatic heterocycles. The van der Waals surface area contributed by atoms with Gasteiger partial charge in [-0.1, -0.05) is 6.08 Å². The minimum absolute atomic E-state index is 0.138. The molecule has 1 rings (SSSR count). The van der Waals surface area contributed by atoms with Crippen molar-refractivity contribution in [1.82, 2.24) is 10.6 Å². The summed E-state index contributed by atoms with van der Waals surface area (Å²) >= 11 is 0. The SMILES string of the molecule is C=CCNC(=O)C1CNC1. The number of rotatable bonds is 3. The summed E-state index contributed by atoms with van der Waals surface area (Å²) in [6.45, 7) is 5.73. The summed E-state index contributed by atoms with van der Waals surface area (Å²) in [6, 6.07) is 0. The van der Waals surface area contributed by atoms with E-state index in [1.807, 2.05) is 0 Å². The van der Waals surface area contributed by atoms with Crippen molar-refractivity contribution in [3.05, 3.63) is 12.7 Å². The molecule has 1 saturated heterocycles. The second-order valence-corrected chi connectivity index (χ2v) is 2.39. The normalized spacial score (nSPS) is 17.6. The fraction of sp³-hybridized carbons (Fsp3) is 0.571. The molecule has 2 N–H and O–H groups in total. The van der Waals surface area contributed by atoms with E-state index in [0.29, 0.717) is 6.54 Å². The van der Waals surface area contributed by atoms with Crippen molar-refractivity contribution in [2.45, 2.75) is 0 Å². The zero-order valence-electron chi connectivity index (χ0n) is 5.89. The maximum atomic E-state index is 11.0. The van der Waals surface area contributed by atoms with E-state index in [2.05, 4.69) is 17.2 Å². The van der Waals surface area contributed by atoms with E-state index in [4.69, 9.17) is 0 Å². The lowest BCUT2D eigenvalue weighted by Gasteiger charge is -2.25. The molecule has 1 aliphatic heterocycles. The molecular weight excluding hydrogens is 128 g/mol. The van der Waals surface area contributed by atoms with Crippen LogP contribution in [0.2, 0.25) is 0 Å². The van der Waals surface area contributed by atoms with Gasteiger partial charge in [0, 0.05) is 19.6 Å². The number of carbonyl (C=O) groups excluding carboxylic acids is 1. The fourth-order valence-electron chi connectivity index (χ4n) is 0.791. The van der Waals surface area contributed by atoms with E-state index in [1.165, 1.54) is 0 Å². The Bertz CT molecular complexity index is 141. The highest BCUT2D eigenvalue weighted by atomic mass is 16.2. The first kappa shape index (κ1) is 7.28. The Morgan fingerprint density at radius 1 is 1.80 bits per heavy atom. The van der Waals surface area contributed by atoms with Crippen LogP contribution in [0, 0.1) is 5.92 Å². The molecule has 1 aliphatic rings. The van der Waals surface area contributed by atoms with Crippen LogP contribution in [-0.4, -0.2) is 25.5 Å². The summed E-state index contributed by atoms with van der Waals surface area (Å²) in [6.07, 6.45) is 1.68. The van der Waals surface area contributed by atoms with Gasteiger partial charge < -0.3 is 10.6 Å². The Labute approximate surface area is 60.5 Å². The van der Waals surface area contributed by atoms with Gasteiger partial charge in [0.15, 0.2) is 0 Å². The van der Waals surface area contributed by atoms with E-state index in [1.54, 1.807) is 6.08 Å². The molecule has 0 saturated carbocycles. The van der Waals surface area contributed by atoms with Crippen LogP contribution < -0.4 is 10.6 Å². The second-order valence-electron chi connectivity index (χ2n) is 2.39. The molecule has 0 atom stereocenters. The molecular formula is C7H12N2O. The third kappa shape index (κ3) is 1.57. The van der Waals surface area contributed by atoms with Crippen LogP contribution in [0.4, 0.5) is 0 Å². The van der Waals surface area contributed by atoms with Crippen molar-refractivity contribution in [3.63, 3.8) is 0 Å². The predicted octanol–water partition coefficient (Wildman–Crippen LogP) is -0.492. The monoisotopic (exact) mass is 140 g/mol. The smallest absolute Gasteiger partial charge is 0.225 e. The first-order valence-corrected chi connectivity index (χ1v) is 3.44. The third-order valence-electron chi connectivity index (χ3n) is 1.57. The quantitative estimate of drug-likeness (QED) is 0.519. The van der Waals surface area contributed by atoms with Gasteiger partial charge >= 0.3 is 0 Å². The minimum atomic E-state index is 0.138. The standard InChI is InChI=1S/C7H12N2O/c1-2-3-9-7(10)6-4-8-5-6/h2,6,8H,1,3-5H2,(H,9,10). The van der Waals surface area contributed by atoms with Crippen molar-refractivity contribution >= 4 is 5.91 Å². The summed E-state index contributed by atoms with van der Waals surface area (Å²) in [5.74, 6) is 0.332. The summed E-state index contributed by atoms with van der Waals surface area (Å²) in [4.78, 5) is 11.0. The first-order valence-electron chi connectivity index (χ1n) is 3.44. The Hall–Kier alpha value is -0.830. The van der Waals surface area contributed by atoms with Crippen molar-refractivity contribution < 1.29 is 4.79 Å². The van der Waals surface area contributed by atoms with Gasteiger partial charge in [-0.3, -0.25) is 4.79 Å². The molecule has 0 aliphatic carbocycles. The second kappa shape index (κ2) is 3.37. The highest BCUT2D eigenvalue weighted by molar-refractivity contribution is 5.80. The Kier molecular flexibility index (Phi) is 2.45. The molecule has 1 heterocycles. The van der Waals surface area contributed by atoms with Crippen LogP contribution in [-0.2, 0) is 4.79 Å². The van der Waals surface area contributed by atoms with Crippen LogP contribution in [0.15, 0.2) is 12.7 Å². The molecule has 0 spiro atoms. The van der Waals surface area contributed by atoms with Crippen LogP contribution in [0.5, 0.6) is 0 Å². The van der Waals surface area contributed by atoms with Gasteiger partial charge in [-0.25, -0.2) is 0 Å². The van der Waals surface area contributed by atoms with Gasteiger partial charge in [0.25, 0.3) is 0 Å². The highest BCUT2D eigenvalue weighted by Crippen LogP contribution is 2.01. The van der Waals surface area contributed by atoms with Gasteiger partial charge in [0.2, 0.25) is 5.91 Å². The molecule has 0 aromatic carbocycles. The van der Waals surface area contributed by atoms with Gasteiger partial charge in [0.1, 0.15) is 0 Å². The average molecular weight is 140 g/mol. The van der Waals surface area contributed by atoms with Gasteiger partial charge in [0.05, 0.1) is 5.92 Å². The number of hydrogen-bond acceptors (Lipinski definition) is 2. The molecule has 0 bridgehead atoms. The van der Waals surface area contributed by atoms with Crippen LogP contribution in [0.25, 0.3) is 0 Å². The van der Waals surface area contributed by atoms with Crippen LogP contribution in [0.3, 0.4) is 0 Å². The number of nitrogens with one attached hydrogen (secondary N) is 2. The van der Waals surface area contributed by atoms with Crippen molar-refractivity contribution in [3.8, 4) is 0 Å². The largest absolute Gasteiger partial charge is 0.352 e. The molecule has 0 radical (unpaired) electrons. The van der Waals surface area contributed by atoms with Crippen LogP contribution >= 0.6 is 0 Å². The molecule has 10 heavy (non-hydrogen) atoms. The van der Waals surface area contributed by atoms with Crippen molar-refractivity contribution in [2.24, 2.45) is 5.92 Å². The lowest BCUT2D eigenvalue weighted by Crippen LogP contribution is -2.50. The first-order chi connectivity index (χ1) is 4.84. The zero-order chi connectivity index (χ0) is 7.40. The lowest BCUT2D eigenvalue weighted by molar-refractivity contribution is -0.126. The molecule has 1 amide bonds. The Morgan fingerprint density at radius 3 is 2.90 bits per heavy atom. The topological polar surface area (TPSA) is 41.1 Å². The molecule has 1 fully saturated rings. The number of hydrogen-bond donors (Lipinski definition) is 2. The summed E-state index contributed by atoms with van der Waals surface area (Å²) in [5.41, 5.74) is 0. The predicted molar refractivity (Wildman–Crippen MR) is 39.6 cm³/mol. The van der Waals surface area contributed by atoms with E-state index in [9.17, 15) is 4.79 Å². The molecule has 56 valence electrons. The maximum absolute atomic E-state index is 11.0. The summed E-state index contributed by atoms with van der Waals surface area (Å²) in [7, 11) is 0. The van der Waals surface area contributed by atoms with Crippen molar-refractivity contribution in [1.29, 1.82) is 0 Å². The third-order valence-corrected chi connectivity index (χ3v) is 1.57. The van der Waals surface area contributed by atoms with E-state index in [-0.39, 0.29) is 11.8 Å². The molecule has 0 unspecified atom stereocenters. The summed E-state index contributed by atoms with van der Waals surface area (Å²) < 4.78 is 0. The van der Waals surface area contributed by atoms with E-state index < -0.39 is 0 Å². The number of carbonyl (C=O) groups is 1. The lowest BCUT2D eigenvalue weighted by atomic mass is 10.0. The summed E-state index contributed by atoms with van der Waals surface area (Å²) in [5, 5.41) is 5.77. The minimum Gasteiger partial charge on any atom is -0.352 e. The molecule has 3 nitrogen and oxygen atoms in total. The molecule has 0 aromatic rings. The van der Waals surface area contributed by atoms with E-state index >= 15 is 0 Å². The zero-order valence-corrected chi connectivity index (χ0v) is 5.89. The fourth-order valence-corrected chi connectivity index (χ4v) is 0.791. The van der Waals surface area contributed by atoms with Gasteiger partial charge in [-0.2, -0.15) is 0 Å². The molecule has 3 heteroatoms. The van der Waals surface area contributed by atoms with Gasteiger partial charge in [-0.15, -0.1) is 6.58 Å². The maximum Gasteiger partial charge on any atom is 0.225 e. The Morgan fingerprint density at radius 2 is 2.50 bits per heavy atom. The van der Waals surface area contributed by atoms with Crippen LogP contribution in [0.1, 0.15) is 0 Å². The average Bonchev–Trinajstić information content (AvgIpc) is 1.79. The highest BCUT2D eigenvalue weighted by Gasteiger charge is 2.23. The Balaban J connectivity index is 2.13. The van der Waals surface area contributed by atoms with Gasteiger partial charge in [-0.05, 0) is 0 Å². The number of amides is 1. The van der Waals surface area contributed by atoms with Crippen molar-refractivity contribution in [2.75, 3.05) is 19.6 Å². The van der Waals surface area contributed by atoms with E-state index in [0.717, 1.165) is 13.1 Å².